The van der Waals surface area contributed by atoms with Crippen molar-refractivity contribution >= 4 is 27.9 Å². The van der Waals surface area contributed by atoms with Gasteiger partial charge in [0.15, 0.2) is 5.76 Å². The van der Waals surface area contributed by atoms with Gasteiger partial charge in [-0.2, -0.15) is 0 Å². The highest BCUT2D eigenvalue weighted by atomic mass is 79.9. The van der Waals surface area contributed by atoms with Gasteiger partial charge in [0.2, 0.25) is 5.91 Å². The molecule has 2 amide bonds. The Hall–Kier alpha value is -1.57. The van der Waals surface area contributed by atoms with Crippen LogP contribution in [0.3, 0.4) is 0 Å². The topological polar surface area (TPSA) is 93.5 Å². The van der Waals surface area contributed by atoms with Crippen LogP contribution < -0.4 is 10.6 Å². The molecule has 0 atom stereocenters. The van der Waals surface area contributed by atoms with Crippen LogP contribution >= 0.6 is 15.9 Å². The summed E-state index contributed by atoms with van der Waals surface area (Å²) in [6, 6.07) is 1.67. The van der Waals surface area contributed by atoms with E-state index in [1.54, 1.807) is 26.8 Å². The molecule has 1 rings (SSSR count). The second-order valence-electron chi connectivity index (χ2n) is 5.07. The first-order valence-electron chi connectivity index (χ1n) is 6.11. The van der Waals surface area contributed by atoms with E-state index in [2.05, 4.69) is 31.7 Å². The van der Waals surface area contributed by atoms with Gasteiger partial charge in [-0.25, -0.2) is 4.79 Å². The van der Waals surface area contributed by atoms with E-state index in [1.165, 1.54) is 0 Å². The molecule has 0 spiro atoms. The molecule has 0 aliphatic heterocycles. The Labute approximate surface area is 125 Å². The van der Waals surface area contributed by atoms with Crippen LogP contribution in [0.5, 0.6) is 0 Å². The third kappa shape index (κ3) is 7.13. The second-order valence-corrected chi connectivity index (χ2v) is 5.88. The Morgan fingerprint density at radius 1 is 1.40 bits per heavy atom. The van der Waals surface area contributed by atoms with Crippen LogP contribution in [-0.2, 0) is 16.1 Å². The Morgan fingerprint density at radius 2 is 2.10 bits per heavy atom. The van der Waals surface area contributed by atoms with Gasteiger partial charge >= 0.3 is 6.09 Å². The summed E-state index contributed by atoms with van der Waals surface area (Å²) in [5.41, 5.74) is -0.550. The number of nitrogens with zero attached hydrogens (tertiary/aromatic N) is 1. The molecule has 1 aromatic rings. The number of carbonyl (C=O) groups excluding carboxylic acids is 2. The van der Waals surface area contributed by atoms with Crippen molar-refractivity contribution in [3.63, 3.8) is 0 Å². The molecule has 7 nitrogen and oxygen atoms in total. The number of aromatic nitrogens is 1. The lowest BCUT2D eigenvalue weighted by molar-refractivity contribution is -0.121. The monoisotopic (exact) mass is 347 g/mol. The number of nitrogens with one attached hydrogen (secondary N) is 2. The third-order valence-corrected chi connectivity index (χ3v) is 2.38. The fourth-order valence-corrected chi connectivity index (χ4v) is 1.57. The minimum absolute atomic E-state index is 0.161. The maximum absolute atomic E-state index is 11.5. The molecule has 0 aliphatic carbocycles. The lowest BCUT2D eigenvalue weighted by Gasteiger charge is -2.19. The summed E-state index contributed by atoms with van der Waals surface area (Å²) in [4.78, 5) is 22.8. The van der Waals surface area contributed by atoms with Crippen LogP contribution in [0.15, 0.2) is 15.2 Å². The molecule has 0 fully saturated rings. The normalized spacial score (nSPS) is 11.0. The van der Waals surface area contributed by atoms with Crippen molar-refractivity contribution in [3.8, 4) is 0 Å². The highest BCUT2D eigenvalue weighted by Crippen LogP contribution is 2.09. The summed E-state index contributed by atoms with van der Waals surface area (Å²) in [6.07, 6.45) is -0.376. The zero-order valence-electron chi connectivity index (χ0n) is 11.7. The van der Waals surface area contributed by atoms with Gasteiger partial charge < -0.3 is 19.9 Å². The van der Waals surface area contributed by atoms with Crippen LogP contribution in [0.2, 0.25) is 0 Å². The van der Waals surface area contributed by atoms with E-state index in [-0.39, 0.29) is 25.4 Å². The van der Waals surface area contributed by atoms with Crippen molar-refractivity contribution in [1.82, 2.24) is 15.8 Å². The van der Waals surface area contributed by atoms with Crippen molar-refractivity contribution in [1.29, 1.82) is 0 Å². The molecule has 0 unspecified atom stereocenters. The van der Waals surface area contributed by atoms with E-state index in [0.717, 1.165) is 0 Å². The first kappa shape index (κ1) is 16.5. The molecule has 0 radical (unpaired) electrons. The predicted octanol–water partition coefficient (Wildman–Crippen LogP) is 1.97. The molecule has 8 heteroatoms. The summed E-state index contributed by atoms with van der Waals surface area (Å²) >= 11 is 3.14. The summed E-state index contributed by atoms with van der Waals surface area (Å²) in [5.74, 6) is 0.346. The second kappa shape index (κ2) is 7.28. The first-order valence-corrected chi connectivity index (χ1v) is 6.90. The van der Waals surface area contributed by atoms with Gasteiger partial charge in [0.25, 0.3) is 0 Å². The van der Waals surface area contributed by atoms with Crippen LogP contribution in [0.1, 0.15) is 33.0 Å². The van der Waals surface area contributed by atoms with Crippen molar-refractivity contribution in [2.24, 2.45) is 0 Å². The number of carbonyl (C=O) groups is 2. The standard InChI is InChI=1S/C12H18BrN3O4/c1-12(2,3)19-11(18)14-5-4-10(17)15-7-8-6-9(13)16-20-8/h6H,4-5,7H2,1-3H3,(H,14,18)(H,15,17). The van der Waals surface area contributed by atoms with Crippen molar-refractivity contribution in [2.75, 3.05) is 6.54 Å². The summed E-state index contributed by atoms with van der Waals surface area (Å²) < 4.78 is 10.5. The Kier molecular flexibility index (Phi) is 6.00. The average molecular weight is 348 g/mol. The van der Waals surface area contributed by atoms with E-state index in [4.69, 9.17) is 9.26 Å². The van der Waals surface area contributed by atoms with Crippen molar-refractivity contribution in [2.45, 2.75) is 39.3 Å². The molecule has 1 aromatic heterocycles. The number of amides is 2. The van der Waals surface area contributed by atoms with Crippen LogP contribution in [0.4, 0.5) is 4.79 Å². The first-order chi connectivity index (χ1) is 9.26. The minimum Gasteiger partial charge on any atom is -0.444 e. The molecule has 0 aliphatic rings. The minimum atomic E-state index is -0.550. The molecule has 0 aromatic carbocycles. The third-order valence-electron chi connectivity index (χ3n) is 2.01. The summed E-state index contributed by atoms with van der Waals surface area (Å²) in [6.45, 7) is 5.78. The lowest BCUT2D eigenvalue weighted by atomic mass is 10.2. The predicted molar refractivity (Wildman–Crippen MR) is 74.9 cm³/mol. The van der Waals surface area contributed by atoms with Crippen molar-refractivity contribution < 1.29 is 18.8 Å². The van der Waals surface area contributed by atoms with Gasteiger partial charge in [0.05, 0.1) is 6.54 Å². The maximum Gasteiger partial charge on any atom is 0.407 e. The largest absolute Gasteiger partial charge is 0.444 e. The van der Waals surface area contributed by atoms with Crippen LogP contribution in [0, 0.1) is 0 Å². The van der Waals surface area contributed by atoms with E-state index in [0.29, 0.717) is 10.4 Å². The molecule has 112 valence electrons. The highest BCUT2D eigenvalue weighted by molar-refractivity contribution is 9.10. The van der Waals surface area contributed by atoms with Gasteiger partial charge in [0.1, 0.15) is 10.2 Å². The van der Waals surface area contributed by atoms with Gasteiger partial charge in [0, 0.05) is 19.0 Å². The fourth-order valence-electron chi connectivity index (χ4n) is 1.24. The fraction of sp³-hybridized carbons (Fsp3) is 0.583. The van der Waals surface area contributed by atoms with Gasteiger partial charge in [-0.15, -0.1) is 0 Å². The smallest absolute Gasteiger partial charge is 0.407 e. The molecule has 2 N–H and O–H groups in total. The number of ether oxygens (including phenoxy) is 1. The van der Waals surface area contributed by atoms with Crippen LogP contribution in [0.25, 0.3) is 0 Å². The number of alkyl carbamates (subject to hydrolysis) is 1. The Morgan fingerprint density at radius 3 is 2.65 bits per heavy atom. The Balaban J connectivity index is 2.16. The van der Waals surface area contributed by atoms with E-state index >= 15 is 0 Å². The van der Waals surface area contributed by atoms with Crippen molar-refractivity contribution in [3.05, 3.63) is 16.4 Å². The van der Waals surface area contributed by atoms with E-state index in [9.17, 15) is 9.59 Å². The number of hydrogen-bond donors (Lipinski definition) is 2. The summed E-state index contributed by atoms with van der Waals surface area (Å²) in [5, 5.41) is 8.79. The van der Waals surface area contributed by atoms with E-state index < -0.39 is 11.7 Å². The number of rotatable bonds is 5. The Bertz CT molecular complexity index is 468. The quantitative estimate of drug-likeness (QED) is 0.849. The maximum atomic E-state index is 11.5. The van der Waals surface area contributed by atoms with Gasteiger partial charge in [-0.3, -0.25) is 4.79 Å². The lowest BCUT2D eigenvalue weighted by Crippen LogP contribution is -2.35. The molecule has 0 saturated heterocycles. The molecule has 20 heavy (non-hydrogen) atoms. The zero-order valence-corrected chi connectivity index (χ0v) is 13.2. The SMILES string of the molecule is CC(C)(C)OC(=O)NCCC(=O)NCc1cc(Br)no1. The van der Waals surface area contributed by atoms with Gasteiger partial charge in [-0.05, 0) is 36.7 Å². The number of hydrogen-bond acceptors (Lipinski definition) is 5. The number of halogens is 1. The molecule has 1 heterocycles. The average Bonchev–Trinajstić information content (AvgIpc) is 2.70. The summed E-state index contributed by atoms with van der Waals surface area (Å²) in [7, 11) is 0. The zero-order chi connectivity index (χ0) is 15.2. The molecular weight excluding hydrogens is 330 g/mol. The molecule has 0 bridgehead atoms. The van der Waals surface area contributed by atoms with Crippen LogP contribution in [-0.4, -0.2) is 29.3 Å². The highest BCUT2D eigenvalue weighted by Gasteiger charge is 2.15. The van der Waals surface area contributed by atoms with E-state index in [1.807, 2.05) is 0 Å². The van der Waals surface area contributed by atoms with Gasteiger partial charge in [-0.1, -0.05) is 5.16 Å². The molecule has 0 saturated carbocycles. The molecular formula is C12H18BrN3O4.